The van der Waals surface area contributed by atoms with Crippen LogP contribution < -0.4 is 0 Å². The number of alkyl halides is 4. The Bertz CT molecular complexity index is 88.8. The highest BCUT2D eigenvalue weighted by molar-refractivity contribution is 8.77. The predicted octanol–water partition coefficient (Wildman–Crippen LogP) is 3.59. The molecule has 10 heavy (non-hydrogen) atoms. The zero-order valence-electron chi connectivity index (χ0n) is 5.33. The van der Waals surface area contributed by atoms with E-state index in [0.717, 1.165) is 0 Å². The van der Waals surface area contributed by atoms with Crippen LogP contribution >= 0.6 is 21.6 Å². The summed E-state index contributed by atoms with van der Waals surface area (Å²) >= 11 is 0. The van der Waals surface area contributed by atoms with E-state index < -0.39 is 10.5 Å². The van der Waals surface area contributed by atoms with E-state index in [0.29, 0.717) is 13.8 Å². The van der Waals surface area contributed by atoms with E-state index >= 15 is 0 Å². The second-order valence-corrected chi connectivity index (χ2v) is 4.55. The summed E-state index contributed by atoms with van der Waals surface area (Å²) in [6.45, 7) is 1.16. The van der Waals surface area contributed by atoms with Crippen LogP contribution in [0, 0.1) is 0 Å². The van der Waals surface area contributed by atoms with E-state index in [1.807, 2.05) is 0 Å². The Morgan fingerprint density at radius 3 is 1.10 bits per heavy atom. The quantitative estimate of drug-likeness (QED) is 0.497. The van der Waals surface area contributed by atoms with E-state index in [2.05, 4.69) is 0 Å². The number of halogens is 4. The summed E-state index contributed by atoms with van der Waals surface area (Å²) in [4.78, 5) is 0. The van der Waals surface area contributed by atoms with Gasteiger partial charge in [0.05, 0.1) is 0 Å². The van der Waals surface area contributed by atoms with Crippen molar-refractivity contribution >= 4 is 21.6 Å². The molecule has 62 valence electrons. The van der Waals surface area contributed by atoms with Crippen molar-refractivity contribution in [1.82, 2.24) is 0 Å². The van der Waals surface area contributed by atoms with Crippen molar-refractivity contribution in [1.29, 1.82) is 0 Å². The first kappa shape index (κ1) is 10.4. The van der Waals surface area contributed by atoms with Crippen molar-refractivity contribution in [3.63, 3.8) is 0 Å². The third kappa shape index (κ3) is 8.42. The van der Waals surface area contributed by atoms with E-state index in [1.165, 1.54) is 0 Å². The highest BCUT2D eigenvalue weighted by Crippen LogP contribution is 2.46. The second kappa shape index (κ2) is 3.21. The summed E-state index contributed by atoms with van der Waals surface area (Å²) in [6.07, 6.45) is 0. The molecular weight excluding hydrogens is 188 g/mol. The second-order valence-electron chi connectivity index (χ2n) is 1.78. The predicted molar refractivity (Wildman–Crippen MR) is 36.4 cm³/mol. The molecule has 0 bridgehead atoms. The van der Waals surface area contributed by atoms with Gasteiger partial charge in [-0.15, -0.1) is 0 Å². The lowest BCUT2D eigenvalue weighted by molar-refractivity contribution is 0.124. The first-order valence-corrected chi connectivity index (χ1v) is 4.48. The fraction of sp³-hybridized carbons (Fsp3) is 1.00. The molecule has 0 radical (unpaired) electrons. The number of rotatable bonds is 3. The minimum Gasteiger partial charge on any atom is -0.194 e. The van der Waals surface area contributed by atoms with E-state index in [9.17, 15) is 17.6 Å². The molecular formula is C4H6F4S2. The molecule has 6 heteroatoms. The maximum absolute atomic E-state index is 11.9. The van der Waals surface area contributed by atoms with Gasteiger partial charge in [-0.3, -0.25) is 0 Å². The van der Waals surface area contributed by atoms with Crippen LogP contribution in [0.15, 0.2) is 0 Å². The summed E-state index contributed by atoms with van der Waals surface area (Å²) in [5, 5.41) is -6.19. The summed E-state index contributed by atoms with van der Waals surface area (Å²) in [6, 6.07) is 0. The minimum absolute atomic E-state index is 0.126. The molecule has 0 aromatic heterocycles. The first-order chi connectivity index (χ1) is 4.21. The van der Waals surface area contributed by atoms with Crippen LogP contribution in [0.4, 0.5) is 17.6 Å². The highest BCUT2D eigenvalue weighted by Gasteiger charge is 2.31. The third-order valence-corrected chi connectivity index (χ3v) is 3.01. The van der Waals surface area contributed by atoms with Gasteiger partial charge in [0, 0.05) is 13.8 Å². The fourth-order valence-electron chi connectivity index (χ4n) is 0.146. The van der Waals surface area contributed by atoms with Crippen LogP contribution in [-0.4, -0.2) is 10.5 Å². The fourth-order valence-corrected chi connectivity index (χ4v) is 1.32. The molecule has 0 spiro atoms. The Balaban J connectivity index is 3.56. The van der Waals surface area contributed by atoms with Crippen LogP contribution in [0.1, 0.15) is 13.8 Å². The molecule has 0 aliphatic heterocycles. The van der Waals surface area contributed by atoms with Crippen LogP contribution in [0.5, 0.6) is 0 Å². The Labute approximate surface area is 64.1 Å². The monoisotopic (exact) mass is 194 g/mol. The Morgan fingerprint density at radius 2 is 1.00 bits per heavy atom. The number of hydrogen-bond donors (Lipinski definition) is 0. The van der Waals surface area contributed by atoms with Crippen LogP contribution in [0.25, 0.3) is 0 Å². The molecule has 0 unspecified atom stereocenters. The molecule has 0 fully saturated rings. The van der Waals surface area contributed by atoms with E-state index in [1.54, 1.807) is 0 Å². The molecule has 0 aliphatic carbocycles. The summed E-state index contributed by atoms with van der Waals surface area (Å²) < 4.78 is 47.4. The van der Waals surface area contributed by atoms with Gasteiger partial charge in [-0.05, 0) is 21.6 Å². The van der Waals surface area contributed by atoms with Gasteiger partial charge in [0.2, 0.25) is 0 Å². The molecule has 0 amide bonds. The van der Waals surface area contributed by atoms with E-state index in [-0.39, 0.29) is 21.6 Å². The van der Waals surface area contributed by atoms with Crippen LogP contribution in [0.2, 0.25) is 0 Å². The summed E-state index contributed by atoms with van der Waals surface area (Å²) in [7, 11) is -0.252. The summed E-state index contributed by atoms with van der Waals surface area (Å²) in [5.41, 5.74) is 0. The number of hydrogen-bond acceptors (Lipinski definition) is 2. The third-order valence-electron chi connectivity index (χ3n) is 0.334. The largest absolute Gasteiger partial charge is 0.300 e. The molecule has 0 aliphatic rings. The molecule has 0 saturated heterocycles. The van der Waals surface area contributed by atoms with Crippen molar-refractivity contribution < 1.29 is 17.6 Å². The van der Waals surface area contributed by atoms with Gasteiger partial charge in [0.15, 0.2) is 0 Å². The van der Waals surface area contributed by atoms with E-state index in [4.69, 9.17) is 0 Å². The normalized spacial score (nSPS) is 13.8. The molecule has 0 aromatic carbocycles. The van der Waals surface area contributed by atoms with Crippen LogP contribution in [0.3, 0.4) is 0 Å². The molecule has 0 N–H and O–H groups in total. The van der Waals surface area contributed by atoms with Gasteiger partial charge in [0.1, 0.15) is 0 Å². The van der Waals surface area contributed by atoms with Crippen molar-refractivity contribution in [3.05, 3.63) is 0 Å². The van der Waals surface area contributed by atoms with Gasteiger partial charge >= 0.3 is 10.5 Å². The minimum atomic E-state index is -3.09. The lowest BCUT2D eigenvalue weighted by atomic mass is 10.9. The summed E-state index contributed by atoms with van der Waals surface area (Å²) in [5.74, 6) is 0. The van der Waals surface area contributed by atoms with Gasteiger partial charge in [0.25, 0.3) is 0 Å². The van der Waals surface area contributed by atoms with Crippen molar-refractivity contribution in [2.75, 3.05) is 0 Å². The topological polar surface area (TPSA) is 0 Å². The molecule has 0 aromatic rings. The molecule has 0 saturated carbocycles. The van der Waals surface area contributed by atoms with Crippen molar-refractivity contribution in [3.8, 4) is 0 Å². The Hall–Kier alpha value is 0.420. The lowest BCUT2D eigenvalue weighted by Crippen LogP contribution is -2.05. The van der Waals surface area contributed by atoms with Gasteiger partial charge in [-0.2, -0.15) is 17.6 Å². The van der Waals surface area contributed by atoms with Gasteiger partial charge in [-0.25, -0.2) is 0 Å². The first-order valence-electron chi connectivity index (χ1n) is 2.33. The van der Waals surface area contributed by atoms with Crippen LogP contribution in [-0.2, 0) is 0 Å². The zero-order chi connectivity index (χ0) is 8.41. The zero-order valence-corrected chi connectivity index (χ0v) is 6.96. The molecule has 0 heterocycles. The molecule has 0 rings (SSSR count). The standard InChI is InChI=1S/C4H6F4S2/c1-3(5,6)9-10-4(2,7)8/h1-2H3. The van der Waals surface area contributed by atoms with Gasteiger partial charge in [-0.1, -0.05) is 0 Å². The maximum Gasteiger partial charge on any atom is 0.300 e. The highest BCUT2D eigenvalue weighted by atomic mass is 33.1. The van der Waals surface area contributed by atoms with Gasteiger partial charge < -0.3 is 0 Å². The molecule has 0 nitrogen and oxygen atoms in total. The van der Waals surface area contributed by atoms with Crippen molar-refractivity contribution in [2.24, 2.45) is 0 Å². The average molecular weight is 194 g/mol. The Morgan fingerprint density at radius 1 is 0.800 bits per heavy atom. The lowest BCUT2D eigenvalue weighted by Gasteiger charge is -2.12. The Kier molecular flexibility index (Phi) is 3.35. The SMILES string of the molecule is CC(F)(F)SSC(C)(F)F. The molecule has 0 atom stereocenters. The smallest absolute Gasteiger partial charge is 0.194 e. The van der Waals surface area contributed by atoms with Crippen molar-refractivity contribution in [2.45, 2.75) is 24.4 Å². The maximum atomic E-state index is 11.9. The average Bonchev–Trinajstić information content (AvgIpc) is 1.57.